The molecule has 1 aromatic carbocycles. The third-order valence-electron chi connectivity index (χ3n) is 5.92. The molecule has 23 heavy (non-hydrogen) atoms. The topological polar surface area (TPSA) is 46.5 Å². The number of rotatable bonds is 1. The fourth-order valence-electron chi connectivity index (χ4n) is 5.03. The van der Waals surface area contributed by atoms with Crippen molar-refractivity contribution in [2.24, 2.45) is 5.92 Å². The van der Waals surface area contributed by atoms with Gasteiger partial charge in [-0.2, -0.15) is 0 Å². The second-order valence-electron chi connectivity index (χ2n) is 7.11. The summed E-state index contributed by atoms with van der Waals surface area (Å²) in [5.74, 6) is 0.480. The molecule has 3 nitrogen and oxygen atoms in total. The summed E-state index contributed by atoms with van der Waals surface area (Å²) in [5.41, 5.74) is 7.86. The van der Waals surface area contributed by atoms with Gasteiger partial charge in [-0.25, -0.2) is 4.79 Å². The highest BCUT2D eigenvalue weighted by atomic mass is 16.7. The van der Waals surface area contributed by atoms with Crippen LogP contribution in [0.25, 0.3) is 11.1 Å². The quantitative estimate of drug-likeness (QED) is 0.758. The van der Waals surface area contributed by atoms with E-state index in [0.29, 0.717) is 5.92 Å². The van der Waals surface area contributed by atoms with Crippen molar-refractivity contribution >= 4 is 17.3 Å². The van der Waals surface area contributed by atoms with Gasteiger partial charge >= 0.3 is 6.16 Å². The number of allylic oxidation sites excluding steroid dienone is 5. The lowest BCUT2D eigenvalue weighted by atomic mass is 9.70. The smallest absolute Gasteiger partial charge is 0.450 e. The molecule has 4 aliphatic carbocycles. The van der Waals surface area contributed by atoms with E-state index < -0.39 is 11.8 Å². The molecule has 2 fully saturated rings. The second-order valence-corrected chi connectivity index (χ2v) is 7.11. The molecule has 4 aliphatic rings. The Morgan fingerprint density at radius 3 is 2.91 bits per heavy atom. The van der Waals surface area contributed by atoms with Gasteiger partial charge in [-0.05, 0) is 59.4 Å². The van der Waals surface area contributed by atoms with Crippen molar-refractivity contribution in [3.63, 3.8) is 0 Å². The van der Waals surface area contributed by atoms with Crippen molar-refractivity contribution in [2.75, 3.05) is 0 Å². The number of ether oxygens (including phenoxy) is 1. The van der Waals surface area contributed by atoms with E-state index in [4.69, 9.17) is 9.84 Å². The standard InChI is InChI=1S/C20H18O3/c21-19(22)23-20-9-8-12(10-20)17(11-20)16-7-3-6-15-13-4-1-2-5-14(13)18(15)16/h1-5,7,12H,6,8-11H2,(H,21,22). The van der Waals surface area contributed by atoms with Crippen LogP contribution < -0.4 is 0 Å². The van der Waals surface area contributed by atoms with Gasteiger partial charge in [-0.1, -0.05) is 42.0 Å². The second kappa shape index (κ2) is 4.38. The van der Waals surface area contributed by atoms with Crippen LogP contribution in [0.5, 0.6) is 0 Å². The summed E-state index contributed by atoms with van der Waals surface area (Å²) >= 11 is 0. The molecule has 3 heteroatoms. The average molecular weight is 306 g/mol. The largest absolute Gasteiger partial charge is 0.506 e. The van der Waals surface area contributed by atoms with E-state index in [1.54, 1.807) is 0 Å². The molecule has 0 heterocycles. The van der Waals surface area contributed by atoms with Crippen molar-refractivity contribution in [1.82, 2.24) is 0 Å². The third-order valence-corrected chi connectivity index (χ3v) is 5.92. The molecular weight excluding hydrogens is 288 g/mol. The Bertz CT molecular complexity index is 827. The number of carboxylic acid groups (broad SMARTS) is 1. The average Bonchev–Trinajstić information content (AvgIpc) is 3.08. The maximum absolute atomic E-state index is 11.1. The van der Waals surface area contributed by atoms with Gasteiger partial charge in [-0.15, -0.1) is 0 Å². The van der Waals surface area contributed by atoms with E-state index >= 15 is 0 Å². The van der Waals surface area contributed by atoms with Gasteiger partial charge in [0.2, 0.25) is 0 Å². The Morgan fingerprint density at radius 1 is 1.26 bits per heavy atom. The molecule has 2 unspecified atom stereocenters. The number of hydrogen-bond donors (Lipinski definition) is 1. The molecule has 0 saturated heterocycles. The van der Waals surface area contributed by atoms with E-state index in [9.17, 15) is 4.79 Å². The first-order chi connectivity index (χ1) is 11.2. The van der Waals surface area contributed by atoms with E-state index in [0.717, 1.165) is 32.1 Å². The minimum atomic E-state index is -1.13. The summed E-state index contributed by atoms with van der Waals surface area (Å²) in [4.78, 5) is 11.1. The fraction of sp³-hybridized carbons (Fsp3) is 0.350. The van der Waals surface area contributed by atoms with E-state index in [1.807, 2.05) is 0 Å². The molecule has 0 amide bonds. The van der Waals surface area contributed by atoms with Gasteiger partial charge in [0.05, 0.1) is 0 Å². The zero-order chi connectivity index (χ0) is 15.6. The molecule has 2 saturated carbocycles. The van der Waals surface area contributed by atoms with Gasteiger partial charge in [0.25, 0.3) is 0 Å². The van der Waals surface area contributed by atoms with Crippen molar-refractivity contribution in [3.05, 3.63) is 58.7 Å². The zero-order valence-electron chi connectivity index (χ0n) is 12.8. The summed E-state index contributed by atoms with van der Waals surface area (Å²) in [7, 11) is 0. The summed E-state index contributed by atoms with van der Waals surface area (Å²) in [6.07, 6.45) is 7.90. The van der Waals surface area contributed by atoms with Crippen LogP contribution in [0.15, 0.2) is 47.6 Å². The van der Waals surface area contributed by atoms with Crippen molar-refractivity contribution in [2.45, 2.75) is 37.7 Å². The molecule has 0 aliphatic heterocycles. The van der Waals surface area contributed by atoms with Crippen LogP contribution in [-0.4, -0.2) is 16.9 Å². The van der Waals surface area contributed by atoms with Crippen LogP contribution in [0.4, 0.5) is 4.79 Å². The van der Waals surface area contributed by atoms with E-state index in [-0.39, 0.29) is 0 Å². The molecule has 0 spiro atoms. The third kappa shape index (κ3) is 1.73. The van der Waals surface area contributed by atoms with Crippen molar-refractivity contribution in [1.29, 1.82) is 0 Å². The Hall–Kier alpha value is -2.29. The maximum Gasteiger partial charge on any atom is 0.506 e. The van der Waals surface area contributed by atoms with Crippen LogP contribution in [0.2, 0.25) is 0 Å². The molecule has 2 bridgehead atoms. The van der Waals surface area contributed by atoms with Gasteiger partial charge in [0.15, 0.2) is 0 Å². The highest BCUT2D eigenvalue weighted by molar-refractivity contribution is 6.12. The lowest BCUT2D eigenvalue weighted by Gasteiger charge is -2.34. The van der Waals surface area contributed by atoms with Gasteiger partial charge in [-0.3, -0.25) is 0 Å². The lowest BCUT2D eigenvalue weighted by molar-refractivity contribution is -0.00888. The molecule has 116 valence electrons. The monoisotopic (exact) mass is 306 g/mol. The summed E-state index contributed by atoms with van der Waals surface area (Å²) in [6.45, 7) is 0. The molecule has 1 N–H and O–H groups in total. The van der Waals surface area contributed by atoms with Gasteiger partial charge in [0.1, 0.15) is 5.60 Å². The summed E-state index contributed by atoms with van der Waals surface area (Å²) < 4.78 is 5.30. The predicted molar refractivity (Wildman–Crippen MR) is 87.8 cm³/mol. The van der Waals surface area contributed by atoms with Crippen LogP contribution in [0.3, 0.4) is 0 Å². The Labute approximate surface area is 135 Å². The van der Waals surface area contributed by atoms with E-state index in [1.165, 1.54) is 33.4 Å². The lowest BCUT2D eigenvalue weighted by Crippen LogP contribution is -2.30. The number of carbonyl (C=O) groups is 1. The van der Waals surface area contributed by atoms with Crippen molar-refractivity contribution < 1.29 is 14.6 Å². The van der Waals surface area contributed by atoms with Gasteiger partial charge in [0, 0.05) is 6.42 Å². The first-order valence-corrected chi connectivity index (χ1v) is 8.32. The highest BCUT2D eigenvalue weighted by Crippen LogP contribution is 2.58. The minimum Gasteiger partial charge on any atom is -0.450 e. The zero-order valence-corrected chi connectivity index (χ0v) is 12.8. The molecular formula is C20H18O3. The minimum absolute atomic E-state index is 0.464. The van der Waals surface area contributed by atoms with Gasteiger partial charge < -0.3 is 9.84 Å². The Balaban J connectivity index is 1.58. The molecule has 0 aromatic heterocycles. The number of benzene rings is 1. The molecule has 1 aromatic rings. The predicted octanol–water partition coefficient (Wildman–Crippen LogP) is 4.80. The van der Waals surface area contributed by atoms with Crippen molar-refractivity contribution in [3.8, 4) is 0 Å². The maximum atomic E-state index is 11.1. The molecule has 2 atom stereocenters. The van der Waals surface area contributed by atoms with Crippen LogP contribution in [-0.2, 0) is 4.74 Å². The van der Waals surface area contributed by atoms with Crippen LogP contribution >= 0.6 is 0 Å². The number of fused-ring (bicyclic) bond motifs is 5. The first kappa shape index (κ1) is 13.2. The molecule has 5 rings (SSSR count). The van der Waals surface area contributed by atoms with Crippen LogP contribution in [0, 0.1) is 5.92 Å². The van der Waals surface area contributed by atoms with E-state index in [2.05, 4.69) is 36.4 Å². The molecule has 0 radical (unpaired) electrons. The summed E-state index contributed by atoms with van der Waals surface area (Å²) in [5, 5.41) is 9.06. The highest BCUT2D eigenvalue weighted by Gasteiger charge is 2.52. The first-order valence-electron chi connectivity index (χ1n) is 8.32. The van der Waals surface area contributed by atoms with Crippen LogP contribution in [0.1, 0.15) is 43.2 Å². The Kier molecular flexibility index (Phi) is 2.51. The SMILES string of the molecule is O=C(O)OC12CCC(C1)C(=C1C=CCC3=C1c1ccccc13)C2. The summed E-state index contributed by atoms with van der Waals surface area (Å²) in [6, 6.07) is 8.59. The number of hydrogen-bond acceptors (Lipinski definition) is 2. The fourth-order valence-corrected chi connectivity index (χ4v) is 5.03. The normalized spacial score (nSPS) is 33.3. The Morgan fingerprint density at radius 2 is 2.09 bits per heavy atom.